The van der Waals surface area contributed by atoms with Gasteiger partial charge in [-0.05, 0) is 36.2 Å². The summed E-state index contributed by atoms with van der Waals surface area (Å²) in [5, 5.41) is 11.8. The summed E-state index contributed by atoms with van der Waals surface area (Å²) < 4.78 is 1.93. The van der Waals surface area contributed by atoms with E-state index in [2.05, 4.69) is 11.9 Å². The topological polar surface area (TPSA) is 71.3 Å². The second-order valence-corrected chi connectivity index (χ2v) is 7.32. The number of ketones is 1. The number of aryl methyl sites for hydroxylation is 1. The molecular formula is C26H26N2O3. The van der Waals surface area contributed by atoms with Crippen LogP contribution in [0.25, 0.3) is 11.8 Å². The van der Waals surface area contributed by atoms with E-state index in [1.165, 1.54) is 0 Å². The van der Waals surface area contributed by atoms with Crippen molar-refractivity contribution in [3.05, 3.63) is 107 Å². The standard InChI is InChI=1S/C26H26N2O3/c1-19-10-12-22(13-11-19)26(31)24-9-5-17-28(24)16-4-7-21-6-3-8-23(18-21)20(2)27-15-14-25(29)30/h3-13,17-18,27H,2,14-16H2,1H3,(H,29,30)/b7-4+. The molecule has 0 spiro atoms. The number of carbonyl (C=O) groups excluding carboxylic acids is 1. The Balaban J connectivity index is 1.65. The van der Waals surface area contributed by atoms with Gasteiger partial charge in [0, 0.05) is 30.5 Å². The van der Waals surface area contributed by atoms with Crippen molar-refractivity contribution in [2.24, 2.45) is 0 Å². The quantitative estimate of drug-likeness (QED) is 0.469. The molecule has 0 amide bonds. The van der Waals surface area contributed by atoms with Gasteiger partial charge in [0.15, 0.2) is 0 Å². The van der Waals surface area contributed by atoms with Gasteiger partial charge in [0.25, 0.3) is 0 Å². The smallest absolute Gasteiger partial charge is 0.305 e. The molecule has 1 heterocycles. The minimum Gasteiger partial charge on any atom is -0.481 e. The Morgan fingerprint density at radius 1 is 1.06 bits per heavy atom. The van der Waals surface area contributed by atoms with E-state index in [4.69, 9.17) is 5.11 Å². The monoisotopic (exact) mass is 414 g/mol. The lowest BCUT2D eigenvalue weighted by atomic mass is 10.1. The van der Waals surface area contributed by atoms with E-state index in [0.29, 0.717) is 30.0 Å². The lowest BCUT2D eigenvalue weighted by Gasteiger charge is -2.09. The number of benzene rings is 2. The van der Waals surface area contributed by atoms with Gasteiger partial charge in [0.05, 0.1) is 12.1 Å². The zero-order valence-electron chi connectivity index (χ0n) is 17.5. The normalized spacial score (nSPS) is 10.9. The van der Waals surface area contributed by atoms with Crippen molar-refractivity contribution >= 4 is 23.5 Å². The van der Waals surface area contributed by atoms with Crippen LogP contribution in [0.15, 0.2) is 79.5 Å². The maximum absolute atomic E-state index is 12.8. The van der Waals surface area contributed by atoms with Crippen LogP contribution in [0.3, 0.4) is 0 Å². The van der Waals surface area contributed by atoms with Gasteiger partial charge in [0.1, 0.15) is 0 Å². The van der Waals surface area contributed by atoms with Crippen LogP contribution in [-0.2, 0) is 11.3 Å². The number of aromatic nitrogens is 1. The van der Waals surface area contributed by atoms with Gasteiger partial charge in [-0.25, -0.2) is 0 Å². The number of hydrogen-bond acceptors (Lipinski definition) is 3. The molecule has 3 rings (SSSR count). The van der Waals surface area contributed by atoms with Gasteiger partial charge in [-0.2, -0.15) is 0 Å². The Morgan fingerprint density at radius 2 is 1.84 bits per heavy atom. The van der Waals surface area contributed by atoms with Crippen LogP contribution in [0.1, 0.15) is 39.2 Å². The number of carboxylic acid groups (broad SMARTS) is 1. The number of aliphatic carboxylic acids is 1. The highest BCUT2D eigenvalue weighted by atomic mass is 16.4. The number of carbonyl (C=O) groups is 2. The summed E-state index contributed by atoms with van der Waals surface area (Å²) in [4.78, 5) is 23.5. The highest BCUT2D eigenvalue weighted by Gasteiger charge is 2.12. The lowest BCUT2D eigenvalue weighted by molar-refractivity contribution is -0.136. The van der Waals surface area contributed by atoms with Crippen LogP contribution in [0, 0.1) is 6.92 Å². The predicted octanol–water partition coefficient (Wildman–Crippen LogP) is 4.78. The minimum atomic E-state index is -0.845. The van der Waals surface area contributed by atoms with E-state index in [0.717, 1.165) is 16.7 Å². The highest BCUT2D eigenvalue weighted by molar-refractivity contribution is 6.08. The first-order valence-corrected chi connectivity index (χ1v) is 10.1. The van der Waals surface area contributed by atoms with Crippen molar-refractivity contribution in [3.63, 3.8) is 0 Å². The first-order valence-electron chi connectivity index (χ1n) is 10.1. The van der Waals surface area contributed by atoms with Crippen molar-refractivity contribution in [1.29, 1.82) is 0 Å². The molecule has 0 unspecified atom stereocenters. The summed E-state index contributed by atoms with van der Waals surface area (Å²) in [6, 6.07) is 19.1. The number of carboxylic acids is 1. The van der Waals surface area contributed by atoms with Crippen molar-refractivity contribution < 1.29 is 14.7 Å². The molecule has 0 atom stereocenters. The largest absolute Gasteiger partial charge is 0.481 e. The maximum Gasteiger partial charge on any atom is 0.305 e. The summed E-state index contributed by atoms with van der Waals surface area (Å²) in [5.41, 5.74) is 5.04. The number of allylic oxidation sites excluding steroid dienone is 1. The molecule has 0 aliphatic rings. The third kappa shape index (κ3) is 6.06. The molecule has 0 saturated carbocycles. The fourth-order valence-corrected chi connectivity index (χ4v) is 3.19. The fraction of sp³-hybridized carbons (Fsp3) is 0.154. The molecule has 0 fully saturated rings. The second kappa shape index (κ2) is 10.3. The van der Waals surface area contributed by atoms with Crippen molar-refractivity contribution in [1.82, 2.24) is 9.88 Å². The van der Waals surface area contributed by atoms with Crippen LogP contribution < -0.4 is 5.32 Å². The van der Waals surface area contributed by atoms with Crippen LogP contribution in [-0.4, -0.2) is 28.0 Å². The maximum atomic E-state index is 12.8. The molecule has 158 valence electrons. The molecule has 0 aliphatic carbocycles. The fourth-order valence-electron chi connectivity index (χ4n) is 3.19. The summed E-state index contributed by atoms with van der Waals surface area (Å²) in [6.07, 6.45) is 5.94. The third-order valence-corrected chi connectivity index (χ3v) is 4.90. The van der Waals surface area contributed by atoms with Gasteiger partial charge in [0.2, 0.25) is 5.78 Å². The molecule has 0 aliphatic heterocycles. The molecule has 31 heavy (non-hydrogen) atoms. The van der Waals surface area contributed by atoms with Gasteiger partial charge in [-0.3, -0.25) is 9.59 Å². The molecule has 1 aromatic heterocycles. The Labute approximate surface area is 182 Å². The average molecular weight is 415 g/mol. The van der Waals surface area contributed by atoms with Crippen molar-refractivity contribution in [2.75, 3.05) is 6.54 Å². The molecular weight excluding hydrogens is 388 g/mol. The molecule has 2 aromatic carbocycles. The van der Waals surface area contributed by atoms with Gasteiger partial charge in [-0.15, -0.1) is 0 Å². The van der Waals surface area contributed by atoms with Crippen LogP contribution in [0.2, 0.25) is 0 Å². The first-order chi connectivity index (χ1) is 14.9. The molecule has 5 heteroatoms. The molecule has 5 nitrogen and oxygen atoms in total. The summed E-state index contributed by atoms with van der Waals surface area (Å²) in [5.74, 6) is -0.841. The molecule has 3 aromatic rings. The number of rotatable bonds is 10. The Morgan fingerprint density at radius 3 is 2.58 bits per heavy atom. The SMILES string of the molecule is C=C(NCCC(=O)O)c1cccc(/C=C/Cn2cccc2C(=O)c2ccc(C)cc2)c1. The molecule has 2 N–H and O–H groups in total. The van der Waals surface area contributed by atoms with Gasteiger partial charge < -0.3 is 15.0 Å². The number of nitrogens with one attached hydrogen (secondary N) is 1. The van der Waals surface area contributed by atoms with E-state index in [1.807, 2.05) is 90.5 Å². The summed E-state index contributed by atoms with van der Waals surface area (Å²) >= 11 is 0. The summed E-state index contributed by atoms with van der Waals surface area (Å²) in [7, 11) is 0. The van der Waals surface area contributed by atoms with Crippen molar-refractivity contribution in [2.45, 2.75) is 19.9 Å². The molecule has 0 saturated heterocycles. The third-order valence-electron chi connectivity index (χ3n) is 4.90. The van der Waals surface area contributed by atoms with E-state index in [1.54, 1.807) is 0 Å². The summed E-state index contributed by atoms with van der Waals surface area (Å²) in [6.45, 7) is 6.88. The van der Waals surface area contributed by atoms with Crippen molar-refractivity contribution in [3.8, 4) is 0 Å². The first kappa shape index (κ1) is 21.8. The van der Waals surface area contributed by atoms with Gasteiger partial charge in [-0.1, -0.05) is 66.8 Å². The highest BCUT2D eigenvalue weighted by Crippen LogP contribution is 2.15. The number of nitrogens with zero attached hydrogens (tertiary/aromatic N) is 1. The average Bonchev–Trinajstić information content (AvgIpc) is 3.22. The molecule has 0 bridgehead atoms. The zero-order chi connectivity index (χ0) is 22.2. The Kier molecular flexibility index (Phi) is 7.22. The Bertz CT molecular complexity index is 1110. The van der Waals surface area contributed by atoms with Crippen LogP contribution in [0.5, 0.6) is 0 Å². The van der Waals surface area contributed by atoms with Crippen LogP contribution >= 0.6 is 0 Å². The second-order valence-electron chi connectivity index (χ2n) is 7.32. The number of hydrogen-bond donors (Lipinski definition) is 2. The zero-order valence-corrected chi connectivity index (χ0v) is 17.5. The van der Waals surface area contributed by atoms with E-state index >= 15 is 0 Å². The van der Waals surface area contributed by atoms with E-state index < -0.39 is 5.97 Å². The minimum absolute atomic E-state index is 0.00383. The van der Waals surface area contributed by atoms with Gasteiger partial charge >= 0.3 is 5.97 Å². The van der Waals surface area contributed by atoms with Crippen LogP contribution in [0.4, 0.5) is 0 Å². The van der Waals surface area contributed by atoms with E-state index in [9.17, 15) is 9.59 Å². The molecule has 0 radical (unpaired) electrons. The van der Waals surface area contributed by atoms with E-state index in [-0.39, 0.29) is 12.2 Å². The Hall–Kier alpha value is -3.86. The lowest BCUT2D eigenvalue weighted by Crippen LogP contribution is -2.16. The predicted molar refractivity (Wildman–Crippen MR) is 124 cm³/mol.